The van der Waals surface area contributed by atoms with Crippen molar-refractivity contribution < 1.29 is 9.18 Å². The number of amides is 1. The number of benzene rings is 1. The molecule has 0 unspecified atom stereocenters. The van der Waals surface area contributed by atoms with Gasteiger partial charge in [0, 0.05) is 18.2 Å². The van der Waals surface area contributed by atoms with Crippen molar-refractivity contribution in [2.45, 2.75) is 18.9 Å². The molecule has 1 aliphatic carbocycles. The molecule has 1 aromatic carbocycles. The molecule has 4 heteroatoms. The van der Waals surface area contributed by atoms with Crippen molar-refractivity contribution in [3.05, 3.63) is 35.6 Å². The Balaban J connectivity index is 1.81. The van der Waals surface area contributed by atoms with Gasteiger partial charge in [-0.05, 0) is 43.0 Å². The van der Waals surface area contributed by atoms with Gasteiger partial charge in [0.25, 0.3) is 5.91 Å². The number of rotatable bonds is 3. The molecule has 0 bridgehead atoms. The van der Waals surface area contributed by atoms with Crippen LogP contribution in [0.2, 0.25) is 0 Å². The average Bonchev–Trinajstić information content (AvgIpc) is 2.23. The summed E-state index contributed by atoms with van der Waals surface area (Å²) in [5.74, 6) is 0.0152. The fraction of sp³-hybridized carbons (Fsp3) is 0.417. The van der Waals surface area contributed by atoms with Crippen LogP contribution in [0.5, 0.6) is 0 Å². The standard InChI is InChI=1S/C12H15FN2O/c13-10-3-1-9(2-4-10)12(16)15-7-8-5-11(14)6-8/h1-4,8,11H,5-7,14H2,(H,15,16). The highest BCUT2D eigenvalue weighted by molar-refractivity contribution is 5.94. The molecule has 3 N–H and O–H groups in total. The Labute approximate surface area is 93.8 Å². The molecular formula is C12H15FN2O. The zero-order chi connectivity index (χ0) is 11.5. The van der Waals surface area contributed by atoms with Crippen LogP contribution >= 0.6 is 0 Å². The number of nitrogens with two attached hydrogens (primary N) is 1. The minimum absolute atomic E-state index is 0.152. The van der Waals surface area contributed by atoms with Crippen molar-refractivity contribution in [1.29, 1.82) is 0 Å². The molecule has 86 valence electrons. The van der Waals surface area contributed by atoms with E-state index >= 15 is 0 Å². The summed E-state index contributed by atoms with van der Waals surface area (Å²) in [6, 6.07) is 5.84. The smallest absolute Gasteiger partial charge is 0.251 e. The molecule has 1 aromatic rings. The van der Waals surface area contributed by atoms with Gasteiger partial charge in [-0.2, -0.15) is 0 Å². The van der Waals surface area contributed by atoms with Crippen molar-refractivity contribution >= 4 is 5.91 Å². The molecule has 2 rings (SSSR count). The first-order chi connectivity index (χ1) is 7.65. The number of carbonyl (C=O) groups excluding carboxylic acids is 1. The maximum Gasteiger partial charge on any atom is 0.251 e. The molecule has 0 spiro atoms. The maximum atomic E-state index is 12.6. The predicted octanol–water partition coefficient (Wildman–Crippen LogP) is 1.29. The van der Waals surface area contributed by atoms with Gasteiger partial charge in [-0.15, -0.1) is 0 Å². The first-order valence-corrected chi connectivity index (χ1v) is 5.44. The van der Waals surface area contributed by atoms with Crippen LogP contribution in [0.1, 0.15) is 23.2 Å². The Morgan fingerprint density at radius 1 is 1.38 bits per heavy atom. The van der Waals surface area contributed by atoms with E-state index in [1.807, 2.05) is 0 Å². The second kappa shape index (κ2) is 4.61. The number of hydrogen-bond acceptors (Lipinski definition) is 2. The third-order valence-corrected chi connectivity index (χ3v) is 2.93. The van der Waals surface area contributed by atoms with E-state index in [-0.39, 0.29) is 11.7 Å². The topological polar surface area (TPSA) is 55.1 Å². The Kier molecular flexibility index (Phi) is 3.19. The summed E-state index contributed by atoms with van der Waals surface area (Å²) in [6.07, 6.45) is 1.95. The second-order valence-electron chi connectivity index (χ2n) is 4.31. The van der Waals surface area contributed by atoms with Crippen LogP contribution in [0, 0.1) is 11.7 Å². The minimum atomic E-state index is -0.332. The van der Waals surface area contributed by atoms with Gasteiger partial charge < -0.3 is 11.1 Å². The van der Waals surface area contributed by atoms with Crippen LogP contribution in [0.15, 0.2) is 24.3 Å². The average molecular weight is 222 g/mol. The third kappa shape index (κ3) is 2.58. The Morgan fingerprint density at radius 2 is 2.00 bits per heavy atom. The molecule has 1 saturated carbocycles. The highest BCUT2D eigenvalue weighted by Crippen LogP contribution is 2.24. The zero-order valence-corrected chi connectivity index (χ0v) is 8.95. The van der Waals surface area contributed by atoms with Crippen LogP contribution in [0.4, 0.5) is 4.39 Å². The molecule has 1 amide bonds. The highest BCUT2D eigenvalue weighted by atomic mass is 19.1. The molecule has 0 aromatic heterocycles. The summed E-state index contributed by atoms with van der Waals surface area (Å²) >= 11 is 0. The largest absolute Gasteiger partial charge is 0.352 e. The van der Waals surface area contributed by atoms with Gasteiger partial charge in [0.1, 0.15) is 5.82 Å². The molecule has 0 radical (unpaired) electrons. The van der Waals surface area contributed by atoms with E-state index in [1.54, 1.807) is 0 Å². The van der Waals surface area contributed by atoms with Crippen LogP contribution in [0.3, 0.4) is 0 Å². The summed E-state index contributed by atoms with van der Waals surface area (Å²) < 4.78 is 12.6. The van der Waals surface area contributed by atoms with Crippen molar-refractivity contribution in [3.63, 3.8) is 0 Å². The van der Waals surface area contributed by atoms with Crippen molar-refractivity contribution in [3.8, 4) is 0 Å². The van der Waals surface area contributed by atoms with Crippen LogP contribution in [-0.4, -0.2) is 18.5 Å². The van der Waals surface area contributed by atoms with Gasteiger partial charge >= 0.3 is 0 Å². The quantitative estimate of drug-likeness (QED) is 0.809. The van der Waals surface area contributed by atoms with Crippen molar-refractivity contribution in [2.24, 2.45) is 11.7 Å². The first kappa shape index (κ1) is 11.1. The second-order valence-corrected chi connectivity index (χ2v) is 4.31. The first-order valence-electron chi connectivity index (χ1n) is 5.44. The van der Waals surface area contributed by atoms with Crippen molar-refractivity contribution in [1.82, 2.24) is 5.32 Å². The highest BCUT2D eigenvalue weighted by Gasteiger charge is 2.25. The van der Waals surface area contributed by atoms with E-state index in [1.165, 1.54) is 24.3 Å². The SMILES string of the molecule is NC1CC(CNC(=O)c2ccc(F)cc2)C1. The number of hydrogen-bond donors (Lipinski definition) is 2. The van der Waals surface area contributed by atoms with Gasteiger partial charge in [0.2, 0.25) is 0 Å². The summed E-state index contributed by atoms with van der Waals surface area (Å²) in [6.45, 7) is 0.657. The summed E-state index contributed by atoms with van der Waals surface area (Å²) in [5.41, 5.74) is 6.14. The van der Waals surface area contributed by atoms with Gasteiger partial charge in [-0.3, -0.25) is 4.79 Å². The summed E-state index contributed by atoms with van der Waals surface area (Å²) in [5, 5.41) is 2.82. The summed E-state index contributed by atoms with van der Waals surface area (Å²) in [7, 11) is 0. The number of carbonyl (C=O) groups is 1. The lowest BCUT2D eigenvalue weighted by Gasteiger charge is -2.32. The van der Waals surface area contributed by atoms with Gasteiger partial charge in [0.05, 0.1) is 0 Å². The van der Waals surface area contributed by atoms with Gasteiger partial charge in [0.15, 0.2) is 0 Å². The maximum absolute atomic E-state index is 12.6. The fourth-order valence-electron chi connectivity index (χ4n) is 1.89. The Bertz CT molecular complexity index is 371. The fourth-order valence-corrected chi connectivity index (χ4v) is 1.89. The lowest BCUT2D eigenvalue weighted by atomic mass is 9.81. The Hall–Kier alpha value is -1.42. The molecule has 0 heterocycles. The van der Waals surface area contributed by atoms with Crippen molar-refractivity contribution in [2.75, 3.05) is 6.54 Å². The monoisotopic (exact) mass is 222 g/mol. The molecule has 0 saturated heterocycles. The van der Waals surface area contributed by atoms with Gasteiger partial charge in [-0.25, -0.2) is 4.39 Å². The molecule has 1 fully saturated rings. The van der Waals surface area contributed by atoms with Crippen LogP contribution in [0.25, 0.3) is 0 Å². The van der Waals surface area contributed by atoms with Gasteiger partial charge in [-0.1, -0.05) is 0 Å². The molecule has 16 heavy (non-hydrogen) atoms. The van der Waals surface area contributed by atoms with E-state index < -0.39 is 0 Å². The molecule has 3 nitrogen and oxygen atoms in total. The van der Waals surface area contributed by atoms with E-state index in [2.05, 4.69) is 5.32 Å². The minimum Gasteiger partial charge on any atom is -0.352 e. The number of nitrogens with one attached hydrogen (secondary N) is 1. The molecule has 1 aliphatic rings. The molecule has 0 aliphatic heterocycles. The summed E-state index contributed by atoms with van der Waals surface area (Å²) in [4.78, 5) is 11.6. The van der Waals surface area contributed by atoms with E-state index in [9.17, 15) is 9.18 Å². The number of halogens is 1. The predicted molar refractivity (Wildman–Crippen MR) is 59.4 cm³/mol. The van der Waals surface area contributed by atoms with Crippen LogP contribution in [-0.2, 0) is 0 Å². The van der Waals surface area contributed by atoms with E-state index in [4.69, 9.17) is 5.73 Å². The third-order valence-electron chi connectivity index (χ3n) is 2.93. The zero-order valence-electron chi connectivity index (χ0n) is 8.95. The lowest BCUT2D eigenvalue weighted by Crippen LogP contribution is -2.42. The van der Waals surface area contributed by atoms with E-state index in [0.717, 1.165) is 12.8 Å². The molecule has 0 atom stereocenters. The van der Waals surface area contributed by atoms with E-state index in [0.29, 0.717) is 24.1 Å². The Morgan fingerprint density at radius 3 is 2.56 bits per heavy atom. The van der Waals surface area contributed by atoms with Crippen LogP contribution < -0.4 is 11.1 Å². The normalized spacial score (nSPS) is 23.6. The molecular weight excluding hydrogens is 207 g/mol. The lowest BCUT2D eigenvalue weighted by molar-refractivity contribution is 0.0935.